The minimum Gasteiger partial charge on any atom is -0.352 e. The maximum absolute atomic E-state index is 12.2. The molecule has 3 N–H and O–H groups in total. The lowest BCUT2D eigenvalue weighted by Gasteiger charge is -2.34. The normalized spacial score (nSPS) is 18.9. The summed E-state index contributed by atoms with van der Waals surface area (Å²) in [6.45, 7) is 8.81. The van der Waals surface area contributed by atoms with E-state index in [-0.39, 0.29) is 17.4 Å². The van der Waals surface area contributed by atoms with Crippen molar-refractivity contribution >= 4 is 5.91 Å². The third-order valence-electron chi connectivity index (χ3n) is 4.26. The number of rotatable bonds is 4. The number of amides is 1. The summed E-state index contributed by atoms with van der Waals surface area (Å²) in [7, 11) is 0. The highest BCUT2D eigenvalue weighted by atomic mass is 16.2. The van der Waals surface area contributed by atoms with Crippen molar-refractivity contribution in [3.63, 3.8) is 0 Å². The molecule has 1 aliphatic rings. The Morgan fingerprint density at radius 3 is 2.64 bits per heavy atom. The second kappa shape index (κ2) is 7.20. The molecule has 0 saturated carbocycles. The Labute approximate surface area is 133 Å². The molecule has 0 bridgehead atoms. The summed E-state index contributed by atoms with van der Waals surface area (Å²) in [6.07, 6.45) is 3.76. The van der Waals surface area contributed by atoms with Gasteiger partial charge in [0.05, 0.1) is 11.7 Å². The largest absolute Gasteiger partial charge is 0.352 e. The highest BCUT2D eigenvalue weighted by molar-refractivity contribution is 5.82. The van der Waals surface area contributed by atoms with Gasteiger partial charge in [-0.15, -0.1) is 0 Å². The van der Waals surface area contributed by atoms with Gasteiger partial charge in [0.2, 0.25) is 5.91 Å². The van der Waals surface area contributed by atoms with Gasteiger partial charge in [0.1, 0.15) is 0 Å². The molecule has 1 saturated heterocycles. The van der Waals surface area contributed by atoms with Gasteiger partial charge in [-0.2, -0.15) is 0 Å². The van der Waals surface area contributed by atoms with Crippen LogP contribution in [0.15, 0.2) is 24.4 Å². The van der Waals surface area contributed by atoms with Gasteiger partial charge in [-0.25, -0.2) is 0 Å². The minimum absolute atomic E-state index is 0.0318. The Kier molecular flexibility index (Phi) is 5.53. The van der Waals surface area contributed by atoms with E-state index in [0.29, 0.717) is 0 Å². The second-order valence-corrected chi connectivity index (χ2v) is 7.22. The fourth-order valence-electron chi connectivity index (χ4n) is 2.64. The van der Waals surface area contributed by atoms with Crippen LogP contribution in [0.25, 0.3) is 0 Å². The lowest BCUT2D eigenvalue weighted by molar-refractivity contribution is -0.125. The number of aromatic nitrogens is 1. The fraction of sp³-hybridized carbons (Fsp3) is 0.647. The molecule has 2 rings (SSSR count). The van der Waals surface area contributed by atoms with Gasteiger partial charge in [0.15, 0.2) is 0 Å². The molecular weight excluding hydrogens is 276 g/mol. The zero-order valence-electron chi connectivity index (χ0n) is 13.9. The zero-order valence-corrected chi connectivity index (χ0v) is 13.9. The van der Waals surface area contributed by atoms with E-state index < -0.39 is 6.04 Å². The van der Waals surface area contributed by atoms with Gasteiger partial charge in [0.25, 0.3) is 0 Å². The van der Waals surface area contributed by atoms with Crippen LogP contribution in [0.5, 0.6) is 0 Å². The average molecular weight is 304 g/mol. The summed E-state index contributed by atoms with van der Waals surface area (Å²) in [5, 5.41) is 3.10. The fourth-order valence-corrected chi connectivity index (χ4v) is 2.64. The van der Waals surface area contributed by atoms with Crippen molar-refractivity contribution in [2.24, 2.45) is 11.1 Å². The molecule has 1 amide bonds. The predicted molar refractivity (Wildman–Crippen MR) is 88.1 cm³/mol. The number of carbonyl (C=O) groups excluding carboxylic acids is 1. The topological polar surface area (TPSA) is 71.2 Å². The van der Waals surface area contributed by atoms with Gasteiger partial charge in [0, 0.05) is 31.9 Å². The van der Waals surface area contributed by atoms with Crippen LogP contribution in [-0.2, 0) is 11.3 Å². The number of nitrogens with one attached hydrogen (secondary N) is 1. The monoisotopic (exact) mass is 304 g/mol. The first kappa shape index (κ1) is 16.9. The SMILES string of the molecule is CC(C)(C)[C@H](N)C(=O)NC1CCN(Cc2ccccn2)CC1. The highest BCUT2D eigenvalue weighted by Crippen LogP contribution is 2.18. The number of likely N-dealkylation sites (tertiary alicyclic amines) is 1. The van der Waals surface area contributed by atoms with E-state index in [2.05, 4.69) is 21.3 Å². The molecule has 0 aliphatic carbocycles. The molecule has 22 heavy (non-hydrogen) atoms. The summed E-state index contributed by atoms with van der Waals surface area (Å²) in [5.41, 5.74) is 6.90. The molecule has 2 heterocycles. The van der Waals surface area contributed by atoms with Crippen LogP contribution >= 0.6 is 0 Å². The van der Waals surface area contributed by atoms with Crippen LogP contribution in [0, 0.1) is 5.41 Å². The van der Waals surface area contributed by atoms with Crippen molar-refractivity contribution in [2.75, 3.05) is 13.1 Å². The van der Waals surface area contributed by atoms with Gasteiger partial charge in [-0.05, 0) is 30.4 Å². The van der Waals surface area contributed by atoms with Gasteiger partial charge < -0.3 is 11.1 Å². The average Bonchev–Trinajstić information content (AvgIpc) is 2.48. The van der Waals surface area contributed by atoms with E-state index in [0.717, 1.165) is 38.2 Å². The Morgan fingerprint density at radius 1 is 1.41 bits per heavy atom. The van der Waals surface area contributed by atoms with Crippen molar-refractivity contribution in [3.8, 4) is 0 Å². The molecule has 0 spiro atoms. The van der Waals surface area contributed by atoms with Crippen LogP contribution in [0.2, 0.25) is 0 Å². The molecule has 0 unspecified atom stereocenters. The van der Waals surface area contributed by atoms with Gasteiger partial charge in [-0.1, -0.05) is 26.8 Å². The van der Waals surface area contributed by atoms with E-state index in [1.165, 1.54) is 0 Å². The van der Waals surface area contributed by atoms with Crippen molar-refractivity contribution < 1.29 is 4.79 Å². The molecule has 1 aliphatic heterocycles. The molecule has 5 nitrogen and oxygen atoms in total. The number of pyridine rings is 1. The summed E-state index contributed by atoms with van der Waals surface area (Å²) in [4.78, 5) is 18.9. The number of nitrogens with two attached hydrogens (primary N) is 1. The molecule has 1 atom stereocenters. The van der Waals surface area contributed by atoms with Crippen molar-refractivity contribution in [3.05, 3.63) is 30.1 Å². The number of piperidine rings is 1. The number of nitrogens with zero attached hydrogens (tertiary/aromatic N) is 2. The lowest BCUT2D eigenvalue weighted by atomic mass is 9.86. The van der Waals surface area contributed by atoms with Crippen molar-refractivity contribution in [2.45, 2.75) is 52.2 Å². The van der Waals surface area contributed by atoms with Gasteiger partial charge >= 0.3 is 0 Å². The molecule has 0 aromatic carbocycles. The van der Waals surface area contributed by atoms with Crippen LogP contribution < -0.4 is 11.1 Å². The summed E-state index contributed by atoms with van der Waals surface area (Å²) in [5.74, 6) is -0.0318. The Hall–Kier alpha value is -1.46. The quantitative estimate of drug-likeness (QED) is 0.885. The van der Waals surface area contributed by atoms with Crippen LogP contribution in [0.1, 0.15) is 39.3 Å². The second-order valence-electron chi connectivity index (χ2n) is 7.22. The minimum atomic E-state index is -0.459. The van der Waals surface area contributed by atoms with E-state index in [1.807, 2.05) is 39.1 Å². The molecule has 122 valence electrons. The lowest BCUT2D eigenvalue weighted by Crippen LogP contribution is -2.53. The maximum Gasteiger partial charge on any atom is 0.237 e. The van der Waals surface area contributed by atoms with Crippen LogP contribution in [0.4, 0.5) is 0 Å². The smallest absolute Gasteiger partial charge is 0.237 e. The molecule has 5 heteroatoms. The summed E-state index contributed by atoms with van der Waals surface area (Å²) in [6, 6.07) is 5.78. The van der Waals surface area contributed by atoms with E-state index in [4.69, 9.17) is 5.73 Å². The molecule has 1 aromatic heterocycles. The first-order valence-electron chi connectivity index (χ1n) is 8.04. The first-order chi connectivity index (χ1) is 10.4. The molecule has 0 radical (unpaired) electrons. The highest BCUT2D eigenvalue weighted by Gasteiger charge is 2.29. The van der Waals surface area contributed by atoms with E-state index in [1.54, 1.807) is 0 Å². The predicted octanol–water partition coefficient (Wildman–Crippen LogP) is 1.54. The Balaban J connectivity index is 1.77. The molecular formula is C17H28N4O. The summed E-state index contributed by atoms with van der Waals surface area (Å²) >= 11 is 0. The van der Waals surface area contributed by atoms with E-state index >= 15 is 0 Å². The van der Waals surface area contributed by atoms with Gasteiger partial charge in [-0.3, -0.25) is 14.7 Å². The number of hydrogen-bond donors (Lipinski definition) is 2. The third-order valence-corrected chi connectivity index (χ3v) is 4.26. The zero-order chi connectivity index (χ0) is 16.2. The Morgan fingerprint density at radius 2 is 2.09 bits per heavy atom. The number of hydrogen-bond acceptors (Lipinski definition) is 4. The molecule has 1 fully saturated rings. The van der Waals surface area contributed by atoms with Crippen molar-refractivity contribution in [1.29, 1.82) is 0 Å². The van der Waals surface area contributed by atoms with E-state index in [9.17, 15) is 4.79 Å². The first-order valence-corrected chi connectivity index (χ1v) is 8.04. The van der Waals surface area contributed by atoms with Crippen LogP contribution in [-0.4, -0.2) is 41.0 Å². The third kappa shape index (κ3) is 4.78. The van der Waals surface area contributed by atoms with Crippen LogP contribution in [0.3, 0.4) is 0 Å². The Bertz CT molecular complexity index is 475. The summed E-state index contributed by atoms with van der Waals surface area (Å²) < 4.78 is 0. The number of carbonyl (C=O) groups is 1. The van der Waals surface area contributed by atoms with Crippen molar-refractivity contribution in [1.82, 2.24) is 15.2 Å². The standard InChI is InChI=1S/C17H28N4O/c1-17(2,3)15(18)16(22)20-13-7-10-21(11-8-13)12-14-6-4-5-9-19-14/h4-6,9,13,15H,7-8,10-12,18H2,1-3H3,(H,20,22)/t15-/m1/s1. The molecule has 1 aromatic rings. The maximum atomic E-state index is 12.2.